The van der Waals surface area contributed by atoms with E-state index in [0.717, 1.165) is 40.6 Å². The number of hydrogen-bond acceptors (Lipinski definition) is 8. The molecule has 37 heavy (non-hydrogen) atoms. The first-order valence-corrected chi connectivity index (χ1v) is 12.0. The van der Waals surface area contributed by atoms with Crippen LogP contribution in [0.3, 0.4) is 0 Å². The molecular formula is C27H24N8O2. The van der Waals surface area contributed by atoms with Gasteiger partial charge < -0.3 is 15.4 Å². The van der Waals surface area contributed by atoms with Gasteiger partial charge in [0.1, 0.15) is 30.5 Å². The molecule has 3 heterocycles. The minimum Gasteiger partial charge on any atom is -0.439 e. The summed E-state index contributed by atoms with van der Waals surface area (Å²) in [5.74, 6) is 2.19. The van der Waals surface area contributed by atoms with E-state index in [1.807, 2.05) is 55.5 Å². The van der Waals surface area contributed by atoms with Crippen molar-refractivity contribution >= 4 is 40.0 Å². The molecule has 0 atom stereocenters. The zero-order valence-corrected chi connectivity index (χ0v) is 20.1. The van der Waals surface area contributed by atoms with Crippen molar-refractivity contribution in [1.29, 1.82) is 0 Å². The van der Waals surface area contributed by atoms with Gasteiger partial charge in [-0.3, -0.25) is 9.20 Å². The Morgan fingerprint density at radius 3 is 2.89 bits per heavy atom. The second kappa shape index (κ2) is 9.65. The average Bonchev–Trinajstić information content (AvgIpc) is 3.66. The van der Waals surface area contributed by atoms with Gasteiger partial charge in [0.05, 0.1) is 5.52 Å². The smallest absolute Gasteiger partial charge is 0.224 e. The fourth-order valence-electron chi connectivity index (χ4n) is 3.98. The van der Waals surface area contributed by atoms with E-state index in [4.69, 9.17) is 4.74 Å². The van der Waals surface area contributed by atoms with E-state index >= 15 is 0 Å². The van der Waals surface area contributed by atoms with Gasteiger partial charge in [-0.25, -0.2) is 15.0 Å². The maximum absolute atomic E-state index is 11.8. The highest BCUT2D eigenvalue weighted by Gasteiger charge is 2.28. The van der Waals surface area contributed by atoms with Gasteiger partial charge in [0, 0.05) is 29.6 Å². The number of carbonyl (C=O) groups excluding carboxylic acids is 1. The third-order valence-electron chi connectivity index (χ3n) is 6.13. The standard InChI is InChI=1S/C27H24N8O2/c1-17-11-20(7-9-23(17)37-25-13-24-34-32-16-35(24)15-31-25)33-26-21-12-18(4-8-22(21)29-14-30-26)3-2-10-28-27(36)19-5-6-19/h2-4,7-9,11-16,19H,5-6,10H2,1H3,(H,28,36)(H,29,30,33)/b3-2+. The number of ether oxygens (including phenoxy) is 1. The number of benzene rings is 2. The van der Waals surface area contributed by atoms with Gasteiger partial charge in [0.2, 0.25) is 11.8 Å². The summed E-state index contributed by atoms with van der Waals surface area (Å²) in [4.78, 5) is 25.0. The fourth-order valence-corrected chi connectivity index (χ4v) is 3.98. The second-order valence-electron chi connectivity index (χ2n) is 8.95. The molecule has 0 spiro atoms. The molecule has 0 bridgehead atoms. The van der Waals surface area contributed by atoms with Crippen LogP contribution in [0.25, 0.3) is 22.6 Å². The number of amides is 1. The third-order valence-corrected chi connectivity index (χ3v) is 6.13. The largest absolute Gasteiger partial charge is 0.439 e. The Bertz CT molecular complexity index is 1640. The summed E-state index contributed by atoms with van der Waals surface area (Å²) in [6.07, 6.45) is 10.7. The highest BCUT2D eigenvalue weighted by molar-refractivity contribution is 5.92. The Hall–Kier alpha value is -4.86. The molecule has 10 nitrogen and oxygen atoms in total. The summed E-state index contributed by atoms with van der Waals surface area (Å²) < 4.78 is 7.69. The topological polar surface area (TPSA) is 119 Å². The summed E-state index contributed by atoms with van der Waals surface area (Å²) in [5, 5.41) is 15.1. The summed E-state index contributed by atoms with van der Waals surface area (Å²) in [6, 6.07) is 13.5. The summed E-state index contributed by atoms with van der Waals surface area (Å²) >= 11 is 0. The molecule has 184 valence electrons. The van der Waals surface area contributed by atoms with Crippen LogP contribution in [0.2, 0.25) is 0 Å². The van der Waals surface area contributed by atoms with Crippen LogP contribution in [0.15, 0.2) is 67.5 Å². The molecule has 1 aliphatic rings. The van der Waals surface area contributed by atoms with Crippen LogP contribution in [0.5, 0.6) is 11.6 Å². The zero-order valence-electron chi connectivity index (χ0n) is 20.1. The molecule has 5 aromatic rings. The summed E-state index contributed by atoms with van der Waals surface area (Å²) in [7, 11) is 0. The van der Waals surface area contributed by atoms with Crippen molar-refractivity contribution in [3.63, 3.8) is 0 Å². The van der Waals surface area contributed by atoms with Crippen molar-refractivity contribution in [3.05, 3.63) is 78.6 Å². The minimum atomic E-state index is 0.141. The number of nitrogens with zero attached hydrogens (tertiary/aromatic N) is 6. The van der Waals surface area contributed by atoms with Crippen molar-refractivity contribution in [3.8, 4) is 11.6 Å². The van der Waals surface area contributed by atoms with Crippen molar-refractivity contribution < 1.29 is 9.53 Å². The lowest BCUT2D eigenvalue weighted by Gasteiger charge is -2.12. The molecule has 0 radical (unpaired) electrons. The lowest BCUT2D eigenvalue weighted by molar-refractivity contribution is -0.122. The first kappa shape index (κ1) is 22.6. The van der Waals surface area contributed by atoms with Gasteiger partial charge >= 0.3 is 0 Å². The molecule has 1 fully saturated rings. The second-order valence-corrected chi connectivity index (χ2v) is 8.95. The number of aromatic nitrogens is 6. The lowest BCUT2D eigenvalue weighted by atomic mass is 10.1. The Kier molecular flexibility index (Phi) is 5.89. The van der Waals surface area contributed by atoms with E-state index < -0.39 is 0 Å². The molecule has 1 amide bonds. The molecular weight excluding hydrogens is 468 g/mol. The third kappa shape index (κ3) is 5.08. The molecule has 1 saturated carbocycles. The maximum atomic E-state index is 11.8. The average molecular weight is 493 g/mol. The minimum absolute atomic E-state index is 0.141. The highest BCUT2D eigenvalue weighted by Crippen LogP contribution is 2.30. The van der Waals surface area contributed by atoms with E-state index in [1.54, 1.807) is 29.4 Å². The van der Waals surface area contributed by atoms with E-state index in [-0.39, 0.29) is 11.8 Å². The van der Waals surface area contributed by atoms with Gasteiger partial charge in [0.15, 0.2) is 5.65 Å². The monoisotopic (exact) mass is 492 g/mol. The van der Waals surface area contributed by atoms with Gasteiger partial charge in [-0.05, 0) is 61.2 Å². The van der Waals surface area contributed by atoms with Crippen LogP contribution in [0.1, 0.15) is 24.0 Å². The molecule has 1 aliphatic carbocycles. The number of hydrogen-bond donors (Lipinski definition) is 2. The Morgan fingerprint density at radius 1 is 1.11 bits per heavy atom. The van der Waals surface area contributed by atoms with Crippen LogP contribution in [-0.4, -0.2) is 42.0 Å². The normalized spacial score (nSPS) is 13.3. The first-order chi connectivity index (χ1) is 18.1. The first-order valence-electron chi connectivity index (χ1n) is 12.0. The van der Waals surface area contributed by atoms with Crippen LogP contribution in [0.4, 0.5) is 11.5 Å². The number of fused-ring (bicyclic) bond motifs is 2. The maximum Gasteiger partial charge on any atom is 0.224 e. The van der Waals surface area contributed by atoms with Gasteiger partial charge in [-0.15, -0.1) is 10.2 Å². The van der Waals surface area contributed by atoms with Crippen molar-refractivity contribution in [2.75, 3.05) is 11.9 Å². The van der Waals surface area contributed by atoms with Crippen LogP contribution < -0.4 is 15.4 Å². The van der Waals surface area contributed by atoms with Crippen molar-refractivity contribution in [2.24, 2.45) is 5.92 Å². The molecule has 0 aliphatic heterocycles. The number of rotatable bonds is 8. The zero-order chi connectivity index (χ0) is 25.2. The van der Waals surface area contributed by atoms with Crippen molar-refractivity contribution in [2.45, 2.75) is 19.8 Å². The van der Waals surface area contributed by atoms with Crippen LogP contribution in [0, 0.1) is 12.8 Å². The number of nitrogens with one attached hydrogen (secondary N) is 2. The van der Waals surface area contributed by atoms with Crippen LogP contribution >= 0.6 is 0 Å². The molecule has 0 unspecified atom stereocenters. The number of carbonyl (C=O) groups is 1. The molecule has 3 aromatic heterocycles. The molecule has 0 saturated heterocycles. The highest BCUT2D eigenvalue weighted by atomic mass is 16.5. The predicted molar refractivity (Wildman–Crippen MR) is 140 cm³/mol. The fraction of sp³-hybridized carbons (Fsp3) is 0.185. The van der Waals surface area contributed by atoms with E-state index in [1.165, 1.54) is 0 Å². The van der Waals surface area contributed by atoms with Gasteiger partial charge in [-0.2, -0.15) is 0 Å². The summed E-state index contributed by atoms with van der Waals surface area (Å²) in [6.45, 7) is 2.49. The van der Waals surface area contributed by atoms with E-state index in [2.05, 4.69) is 35.8 Å². The SMILES string of the molecule is Cc1cc(Nc2ncnc3ccc(/C=C/CNC(=O)C4CC4)cc23)ccc1Oc1cc2nncn2cn1. The van der Waals surface area contributed by atoms with E-state index in [9.17, 15) is 4.79 Å². The van der Waals surface area contributed by atoms with E-state index in [0.29, 0.717) is 29.6 Å². The number of anilines is 2. The Balaban J connectivity index is 1.17. The van der Waals surface area contributed by atoms with Crippen molar-refractivity contribution in [1.82, 2.24) is 34.9 Å². The van der Waals surface area contributed by atoms with Gasteiger partial charge in [0.25, 0.3) is 0 Å². The Labute approximate surface area is 212 Å². The Morgan fingerprint density at radius 2 is 2.03 bits per heavy atom. The lowest BCUT2D eigenvalue weighted by Crippen LogP contribution is -2.24. The molecule has 10 heteroatoms. The molecule has 6 rings (SSSR count). The quantitative estimate of drug-likeness (QED) is 0.326. The molecule has 2 N–H and O–H groups in total. The predicted octanol–water partition coefficient (Wildman–Crippen LogP) is 4.45. The van der Waals surface area contributed by atoms with Crippen LogP contribution in [-0.2, 0) is 4.79 Å². The summed E-state index contributed by atoms with van der Waals surface area (Å²) in [5.41, 5.74) is 4.30. The van der Waals surface area contributed by atoms with Gasteiger partial charge in [-0.1, -0.05) is 18.2 Å². The number of aryl methyl sites for hydroxylation is 1. The molecule has 2 aromatic carbocycles.